The zero-order valence-corrected chi connectivity index (χ0v) is 23.0. The standard InChI is InChI=1S/C25H19Cl4F3N2O2S/c1-2-37(35,23-20(28)4-3-5-21(23)29)33-14-15-6-8-16(9-7-15)22-13-24(36-34-22,25(30,31)32)17-10-18(26)12-19(27)11-17/h3-12H,2,13-14H2,1H3. The van der Waals surface area contributed by atoms with Gasteiger partial charge in [-0.25, -0.2) is 8.57 Å². The molecule has 2 atom stereocenters. The van der Waals surface area contributed by atoms with Crippen molar-refractivity contribution in [1.29, 1.82) is 0 Å². The molecule has 0 fully saturated rings. The maximum Gasteiger partial charge on any atom is 0.435 e. The molecular formula is C25H19Cl4F3N2O2S. The Labute approximate surface area is 232 Å². The van der Waals surface area contributed by atoms with Crippen LogP contribution in [0.3, 0.4) is 0 Å². The second-order valence-corrected chi connectivity index (χ2v) is 12.5. The molecule has 12 heteroatoms. The summed E-state index contributed by atoms with van der Waals surface area (Å²) in [5.41, 5.74) is -1.72. The minimum absolute atomic E-state index is 0.0537. The Hall–Kier alpha value is -1.97. The van der Waals surface area contributed by atoms with Gasteiger partial charge in [0, 0.05) is 27.8 Å². The van der Waals surface area contributed by atoms with E-state index in [9.17, 15) is 17.4 Å². The van der Waals surface area contributed by atoms with Crippen molar-refractivity contribution < 1.29 is 22.2 Å². The summed E-state index contributed by atoms with van der Waals surface area (Å²) in [6.07, 6.45) is -5.35. The lowest BCUT2D eigenvalue weighted by Gasteiger charge is -2.29. The van der Waals surface area contributed by atoms with Crippen molar-refractivity contribution in [3.63, 3.8) is 0 Å². The number of rotatable bonds is 6. The van der Waals surface area contributed by atoms with Gasteiger partial charge >= 0.3 is 6.18 Å². The molecule has 1 aliphatic rings. The highest BCUT2D eigenvalue weighted by atomic mass is 35.5. The van der Waals surface area contributed by atoms with Crippen LogP contribution in [0.5, 0.6) is 0 Å². The Kier molecular flexibility index (Phi) is 8.08. The van der Waals surface area contributed by atoms with E-state index in [1.807, 2.05) is 0 Å². The van der Waals surface area contributed by atoms with E-state index in [0.717, 1.165) is 0 Å². The van der Waals surface area contributed by atoms with Gasteiger partial charge in [0.25, 0.3) is 5.60 Å². The Bertz CT molecular complexity index is 1450. The van der Waals surface area contributed by atoms with E-state index in [-0.39, 0.29) is 43.7 Å². The summed E-state index contributed by atoms with van der Waals surface area (Å²) in [5.74, 6) is 0.204. The highest BCUT2D eigenvalue weighted by molar-refractivity contribution is 7.93. The van der Waals surface area contributed by atoms with E-state index < -0.39 is 27.9 Å². The van der Waals surface area contributed by atoms with E-state index in [2.05, 4.69) is 9.52 Å². The molecule has 0 aromatic heterocycles. The SMILES string of the molecule is CCS(=O)(=NCc1ccc(C2=NOC(c3cc(Cl)cc(Cl)c3)(C(F)(F)F)C2)cc1)c1c(Cl)cccc1Cl. The molecule has 3 aromatic carbocycles. The molecule has 0 aliphatic carbocycles. The van der Waals surface area contributed by atoms with Crippen molar-refractivity contribution >= 4 is 61.8 Å². The van der Waals surface area contributed by atoms with E-state index in [4.69, 9.17) is 51.2 Å². The molecule has 0 spiro atoms. The molecule has 3 aromatic rings. The first kappa shape index (κ1) is 28.0. The van der Waals surface area contributed by atoms with Gasteiger partial charge in [-0.1, -0.05) is 88.8 Å². The summed E-state index contributed by atoms with van der Waals surface area (Å²) in [4.78, 5) is 5.33. The normalized spacial score (nSPS) is 19.2. The zero-order chi connectivity index (χ0) is 27.0. The molecule has 0 saturated carbocycles. The van der Waals surface area contributed by atoms with Gasteiger partial charge < -0.3 is 4.84 Å². The first-order valence-corrected chi connectivity index (χ1v) is 14.1. The minimum atomic E-state index is -4.79. The first-order valence-electron chi connectivity index (χ1n) is 10.9. The molecule has 4 rings (SSSR count). The van der Waals surface area contributed by atoms with Gasteiger partial charge in [0.2, 0.25) is 0 Å². The van der Waals surface area contributed by atoms with Crippen LogP contribution in [0.1, 0.15) is 30.0 Å². The maximum atomic E-state index is 14.2. The fourth-order valence-electron chi connectivity index (χ4n) is 3.91. The van der Waals surface area contributed by atoms with E-state index in [1.54, 1.807) is 49.4 Å². The lowest BCUT2D eigenvalue weighted by molar-refractivity contribution is -0.275. The van der Waals surface area contributed by atoms with Crippen LogP contribution in [-0.2, 0) is 26.7 Å². The molecule has 37 heavy (non-hydrogen) atoms. The fourth-order valence-corrected chi connectivity index (χ4v) is 7.26. The summed E-state index contributed by atoms with van der Waals surface area (Å²) in [6.45, 7) is 1.82. The second kappa shape index (κ2) is 10.7. The summed E-state index contributed by atoms with van der Waals surface area (Å²) >= 11 is 24.4. The van der Waals surface area contributed by atoms with Crippen LogP contribution >= 0.6 is 46.4 Å². The second-order valence-electron chi connectivity index (χ2n) is 8.25. The number of nitrogens with zero attached hydrogens (tertiary/aromatic N) is 2. The number of hydrogen-bond donors (Lipinski definition) is 0. The van der Waals surface area contributed by atoms with Crippen LogP contribution in [-0.4, -0.2) is 21.8 Å². The van der Waals surface area contributed by atoms with Crippen molar-refractivity contribution in [3.05, 3.63) is 97.4 Å². The summed E-state index contributed by atoms with van der Waals surface area (Å²) in [6, 6.07) is 15.1. The Morgan fingerprint density at radius 1 is 1.00 bits per heavy atom. The van der Waals surface area contributed by atoms with E-state index >= 15 is 0 Å². The Morgan fingerprint density at radius 3 is 2.14 bits per heavy atom. The molecule has 0 N–H and O–H groups in total. The third-order valence-corrected chi connectivity index (χ3v) is 9.58. The van der Waals surface area contributed by atoms with Gasteiger partial charge in [0.15, 0.2) is 0 Å². The van der Waals surface area contributed by atoms with Gasteiger partial charge in [-0.15, -0.1) is 0 Å². The van der Waals surface area contributed by atoms with Crippen molar-refractivity contribution in [2.24, 2.45) is 9.52 Å². The predicted molar refractivity (Wildman–Crippen MR) is 142 cm³/mol. The molecule has 196 valence electrons. The molecule has 0 saturated heterocycles. The number of benzene rings is 3. The van der Waals surface area contributed by atoms with Crippen LogP contribution < -0.4 is 0 Å². The summed E-state index contributed by atoms with van der Waals surface area (Å²) < 4.78 is 60.6. The molecule has 0 amide bonds. The predicted octanol–water partition coefficient (Wildman–Crippen LogP) is 8.93. The van der Waals surface area contributed by atoms with Crippen LogP contribution in [0.2, 0.25) is 20.1 Å². The van der Waals surface area contributed by atoms with Crippen molar-refractivity contribution in [3.8, 4) is 0 Å². The number of hydrogen-bond acceptors (Lipinski definition) is 4. The maximum absolute atomic E-state index is 14.2. The molecular weight excluding hydrogens is 591 g/mol. The average molecular weight is 610 g/mol. The Balaban J connectivity index is 1.59. The van der Waals surface area contributed by atoms with Gasteiger partial charge in [-0.3, -0.25) is 0 Å². The molecule has 1 aliphatic heterocycles. The number of halogens is 7. The smallest absolute Gasteiger partial charge is 0.374 e. The molecule has 2 unspecified atom stereocenters. The number of oxime groups is 1. The minimum Gasteiger partial charge on any atom is -0.374 e. The van der Waals surface area contributed by atoms with Crippen LogP contribution in [0.4, 0.5) is 13.2 Å². The highest BCUT2D eigenvalue weighted by Crippen LogP contribution is 2.49. The molecule has 0 radical (unpaired) electrons. The monoisotopic (exact) mass is 608 g/mol. The summed E-state index contributed by atoms with van der Waals surface area (Å²) in [5, 5.41) is 4.41. The van der Waals surface area contributed by atoms with Crippen molar-refractivity contribution in [2.45, 2.75) is 36.6 Å². The fraction of sp³-hybridized carbons (Fsp3) is 0.240. The first-order chi connectivity index (χ1) is 17.4. The molecule has 1 heterocycles. The van der Waals surface area contributed by atoms with E-state index in [0.29, 0.717) is 16.0 Å². The molecule has 0 bridgehead atoms. The lowest BCUT2D eigenvalue weighted by Crippen LogP contribution is -2.42. The van der Waals surface area contributed by atoms with Crippen molar-refractivity contribution in [1.82, 2.24) is 0 Å². The molecule has 4 nitrogen and oxygen atoms in total. The lowest BCUT2D eigenvalue weighted by atomic mass is 9.86. The topological polar surface area (TPSA) is 51.0 Å². The largest absolute Gasteiger partial charge is 0.435 e. The Morgan fingerprint density at radius 2 is 1.59 bits per heavy atom. The van der Waals surface area contributed by atoms with Crippen LogP contribution in [0, 0.1) is 0 Å². The van der Waals surface area contributed by atoms with Crippen LogP contribution in [0.15, 0.2) is 75.1 Å². The van der Waals surface area contributed by atoms with Gasteiger partial charge in [-0.2, -0.15) is 13.2 Å². The zero-order valence-electron chi connectivity index (χ0n) is 19.2. The van der Waals surface area contributed by atoms with Crippen molar-refractivity contribution in [2.75, 3.05) is 5.75 Å². The third-order valence-electron chi connectivity index (χ3n) is 5.89. The third kappa shape index (κ3) is 5.59. The van der Waals surface area contributed by atoms with Gasteiger partial charge in [-0.05, 0) is 41.5 Å². The summed E-state index contributed by atoms with van der Waals surface area (Å²) in [7, 11) is -2.89. The average Bonchev–Trinajstić information content (AvgIpc) is 3.30. The number of alkyl halides is 3. The van der Waals surface area contributed by atoms with Gasteiger partial charge in [0.05, 0.1) is 36.9 Å². The van der Waals surface area contributed by atoms with E-state index in [1.165, 1.54) is 18.2 Å². The highest BCUT2D eigenvalue weighted by Gasteiger charge is 2.62. The van der Waals surface area contributed by atoms with Gasteiger partial charge in [0.1, 0.15) is 0 Å². The van der Waals surface area contributed by atoms with Crippen LogP contribution in [0.25, 0.3) is 0 Å². The quantitative estimate of drug-likeness (QED) is 0.280.